The molecule has 1 amide bonds. The number of esters is 1. The van der Waals surface area contributed by atoms with Gasteiger partial charge in [0.2, 0.25) is 0 Å². The van der Waals surface area contributed by atoms with E-state index in [-0.39, 0.29) is 5.69 Å². The third-order valence-electron chi connectivity index (χ3n) is 3.20. The number of hydrogen-bond acceptors (Lipinski definition) is 6. The first-order valence-electron chi connectivity index (χ1n) is 7.55. The Labute approximate surface area is 154 Å². The number of nitro benzene ring substituents is 1. The number of anilines is 1. The van der Waals surface area contributed by atoms with Gasteiger partial charge in [-0.05, 0) is 30.0 Å². The van der Waals surface area contributed by atoms with Crippen LogP contribution < -0.4 is 5.32 Å². The summed E-state index contributed by atoms with van der Waals surface area (Å²) in [6.45, 7) is 1.22. The molecule has 0 saturated carbocycles. The lowest BCUT2D eigenvalue weighted by molar-refractivity contribution is -0.384. The summed E-state index contributed by atoms with van der Waals surface area (Å²) >= 11 is 1.35. The molecule has 7 nitrogen and oxygen atoms in total. The molecular formula is C18H16N2O5S. The van der Waals surface area contributed by atoms with Crippen molar-refractivity contribution in [3.63, 3.8) is 0 Å². The van der Waals surface area contributed by atoms with Crippen molar-refractivity contribution in [3.8, 4) is 0 Å². The summed E-state index contributed by atoms with van der Waals surface area (Å²) in [6, 6.07) is 13.6. The zero-order valence-electron chi connectivity index (χ0n) is 13.9. The van der Waals surface area contributed by atoms with Gasteiger partial charge in [0.1, 0.15) is 0 Å². The van der Waals surface area contributed by atoms with Crippen LogP contribution in [-0.2, 0) is 14.3 Å². The highest BCUT2D eigenvalue weighted by molar-refractivity contribution is 8.02. The number of carbonyl (C=O) groups excluding carboxylic acids is 2. The van der Waals surface area contributed by atoms with E-state index in [1.54, 1.807) is 12.3 Å². The molecular weight excluding hydrogens is 356 g/mol. The number of non-ortho nitro benzene ring substituents is 1. The summed E-state index contributed by atoms with van der Waals surface area (Å²) < 4.78 is 4.85. The number of ether oxygens (including phenoxy) is 1. The highest BCUT2D eigenvalue weighted by atomic mass is 32.2. The van der Waals surface area contributed by atoms with Crippen molar-refractivity contribution in [2.45, 2.75) is 11.8 Å². The Hall–Kier alpha value is -3.13. The molecule has 0 aliphatic heterocycles. The Bertz CT molecular complexity index is 837. The molecule has 0 unspecified atom stereocenters. The summed E-state index contributed by atoms with van der Waals surface area (Å²) in [5.74, 6) is -1.23. The molecule has 8 heteroatoms. The third-order valence-corrected chi connectivity index (χ3v) is 4.02. The van der Waals surface area contributed by atoms with E-state index < -0.39 is 23.4 Å². The molecule has 0 radical (unpaired) electrons. The molecule has 0 aromatic heterocycles. The maximum Gasteiger partial charge on any atom is 0.331 e. The smallest absolute Gasteiger partial charge is 0.331 e. The van der Waals surface area contributed by atoms with Crippen molar-refractivity contribution in [1.29, 1.82) is 0 Å². The molecule has 0 aliphatic rings. The molecule has 0 atom stereocenters. The van der Waals surface area contributed by atoms with Crippen molar-refractivity contribution in [2.24, 2.45) is 0 Å². The van der Waals surface area contributed by atoms with Gasteiger partial charge in [0.05, 0.1) is 10.6 Å². The molecule has 2 rings (SSSR count). The van der Waals surface area contributed by atoms with Crippen LogP contribution in [0, 0.1) is 17.0 Å². The lowest BCUT2D eigenvalue weighted by Crippen LogP contribution is -2.20. The number of nitrogens with one attached hydrogen (secondary N) is 1. The number of thioether (sulfide) groups is 1. The minimum absolute atomic E-state index is 0.135. The number of aryl methyl sites for hydroxylation is 1. The molecule has 0 saturated heterocycles. The first-order chi connectivity index (χ1) is 12.5. The van der Waals surface area contributed by atoms with Crippen molar-refractivity contribution in [3.05, 3.63) is 75.7 Å². The summed E-state index contributed by atoms with van der Waals surface area (Å²) in [4.78, 5) is 34.7. The van der Waals surface area contributed by atoms with Crippen LogP contribution in [0.1, 0.15) is 5.56 Å². The van der Waals surface area contributed by atoms with Crippen LogP contribution in [0.2, 0.25) is 0 Å². The van der Waals surface area contributed by atoms with Crippen molar-refractivity contribution < 1.29 is 19.2 Å². The topological polar surface area (TPSA) is 98.5 Å². The summed E-state index contributed by atoms with van der Waals surface area (Å²) in [5.41, 5.74) is 0.827. The fourth-order valence-corrected chi connectivity index (χ4v) is 2.55. The van der Waals surface area contributed by atoms with Crippen molar-refractivity contribution in [1.82, 2.24) is 0 Å². The fraction of sp³-hybridized carbons (Fsp3) is 0.111. The minimum Gasteiger partial charge on any atom is -0.452 e. The van der Waals surface area contributed by atoms with Crippen LogP contribution in [0.3, 0.4) is 0 Å². The maximum atomic E-state index is 11.9. The molecule has 2 aromatic rings. The normalized spacial score (nSPS) is 10.5. The van der Waals surface area contributed by atoms with Crippen LogP contribution in [-0.4, -0.2) is 23.4 Å². The summed E-state index contributed by atoms with van der Waals surface area (Å²) in [6.07, 6.45) is 1.23. The van der Waals surface area contributed by atoms with Gasteiger partial charge in [0, 0.05) is 23.1 Å². The molecule has 0 heterocycles. The molecule has 2 aromatic carbocycles. The highest BCUT2D eigenvalue weighted by Crippen LogP contribution is 2.21. The Morgan fingerprint density at radius 3 is 2.65 bits per heavy atom. The van der Waals surface area contributed by atoms with E-state index in [4.69, 9.17) is 4.74 Å². The van der Waals surface area contributed by atoms with Crippen LogP contribution in [0.25, 0.3) is 0 Å². The highest BCUT2D eigenvalue weighted by Gasteiger charge is 2.12. The number of rotatable bonds is 7. The van der Waals surface area contributed by atoms with E-state index in [1.807, 2.05) is 30.3 Å². The van der Waals surface area contributed by atoms with Gasteiger partial charge in [-0.15, -0.1) is 0 Å². The molecule has 26 heavy (non-hydrogen) atoms. The van der Waals surface area contributed by atoms with E-state index in [1.165, 1.54) is 36.0 Å². The van der Waals surface area contributed by atoms with Gasteiger partial charge in [0.25, 0.3) is 11.6 Å². The van der Waals surface area contributed by atoms with Gasteiger partial charge in [-0.3, -0.25) is 14.9 Å². The maximum absolute atomic E-state index is 11.9. The Balaban J connectivity index is 1.82. The van der Waals surface area contributed by atoms with Gasteiger partial charge in [0.15, 0.2) is 6.61 Å². The van der Waals surface area contributed by atoms with Crippen molar-refractivity contribution >= 4 is 35.0 Å². The second-order valence-electron chi connectivity index (χ2n) is 5.15. The zero-order chi connectivity index (χ0) is 18.9. The molecule has 0 aliphatic carbocycles. The van der Waals surface area contributed by atoms with Crippen LogP contribution >= 0.6 is 11.8 Å². The number of amides is 1. The second-order valence-corrected chi connectivity index (χ2v) is 6.13. The molecule has 0 fully saturated rings. The Kier molecular flexibility index (Phi) is 6.92. The molecule has 0 bridgehead atoms. The van der Waals surface area contributed by atoms with Gasteiger partial charge >= 0.3 is 5.97 Å². The van der Waals surface area contributed by atoms with E-state index in [2.05, 4.69) is 5.32 Å². The van der Waals surface area contributed by atoms with Gasteiger partial charge in [-0.2, -0.15) is 0 Å². The number of nitrogens with zero attached hydrogens (tertiary/aromatic N) is 1. The SMILES string of the molecule is Cc1ccc([N+](=O)[O-])cc1NC(=O)COC(=O)/C=C/Sc1ccccc1. The first kappa shape index (κ1) is 19.2. The largest absolute Gasteiger partial charge is 0.452 e. The Morgan fingerprint density at radius 1 is 1.23 bits per heavy atom. The van der Waals surface area contributed by atoms with Crippen LogP contribution in [0.15, 0.2) is 64.9 Å². The molecule has 0 spiro atoms. The average molecular weight is 372 g/mol. The molecule has 1 N–H and O–H groups in total. The lowest BCUT2D eigenvalue weighted by atomic mass is 10.2. The first-order valence-corrected chi connectivity index (χ1v) is 8.43. The van der Waals surface area contributed by atoms with Crippen LogP contribution in [0.5, 0.6) is 0 Å². The fourth-order valence-electron chi connectivity index (χ4n) is 1.90. The van der Waals surface area contributed by atoms with E-state index in [9.17, 15) is 19.7 Å². The van der Waals surface area contributed by atoms with Crippen molar-refractivity contribution in [2.75, 3.05) is 11.9 Å². The van der Waals surface area contributed by atoms with Gasteiger partial charge in [-0.25, -0.2) is 4.79 Å². The van der Waals surface area contributed by atoms with Gasteiger partial charge < -0.3 is 10.1 Å². The van der Waals surface area contributed by atoms with Crippen LogP contribution in [0.4, 0.5) is 11.4 Å². The summed E-state index contributed by atoms with van der Waals surface area (Å²) in [7, 11) is 0. The zero-order valence-corrected chi connectivity index (χ0v) is 14.7. The second kappa shape index (κ2) is 9.38. The predicted molar refractivity (Wildman–Crippen MR) is 98.9 cm³/mol. The van der Waals surface area contributed by atoms with E-state index in [0.717, 1.165) is 4.90 Å². The Morgan fingerprint density at radius 2 is 1.96 bits per heavy atom. The lowest BCUT2D eigenvalue weighted by Gasteiger charge is -2.08. The molecule has 134 valence electrons. The average Bonchev–Trinajstić information content (AvgIpc) is 2.62. The predicted octanol–water partition coefficient (Wildman–Crippen LogP) is 3.69. The monoisotopic (exact) mass is 372 g/mol. The number of benzene rings is 2. The standard InChI is InChI=1S/C18H16N2O5S/c1-13-7-8-14(20(23)24)11-16(13)19-17(21)12-25-18(22)9-10-26-15-5-3-2-4-6-15/h2-11H,12H2,1H3,(H,19,21)/b10-9+. The summed E-state index contributed by atoms with van der Waals surface area (Å²) in [5, 5.41) is 14.8. The number of carbonyl (C=O) groups is 2. The number of hydrogen-bond donors (Lipinski definition) is 1. The third kappa shape index (κ3) is 6.06. The van der Waals surface area contributed by atoms with E-state index >= 15 is 0 Å². The quantitative estimate of drug-likeness (QED) is 0.262. The number of nitro groups is 1. The minimum atomic E-state index is -0.653. The van der Waals surface area contributed by atoms with E-state index in [0.29, 0.717) is 11.3 Å². The van der Waals surface area contributed by atoms with Gasteiger partial charge in [-0.1, -0.05) is 36.0 Å².